The molecule has 0 bridgehead atoms. The second kappa shape index (κ2) is 10.6. The van der Waals surface area contributed by atoms with Gasteiger partial charge in [-0.15, -0.1) is 0 Å². The minimum absolute atomic E-state index is 0.0267. The van der Waals surface area contributed by atoms with Crippen molar-refractivity contribution < 1.29 is 41.0 Å². The number of methoxy groups -OCH3 is 1. The molecule has 1 saturated heterocycles. The van der Waals surface area contributed by atoms with E-state index in [2.05, 4.69) is 15.6 Å². The lowest BCUT2D eigenvalue weighted by molar-refractivity contribution is -0.272. The first kappa shape index (κ1) is 28.3. The van der Waals surface area contributed by atoms with Crippen LogP contribution in [0, 0.1) is 24.5 Å². The van der Waals surface area contributed by atoms with Crippen molar-refractivity contribution in [2.45, 2.75) is 51.0 Å². The summed E-state index contributed by atoms with van der Waals surface area (Å²) >= 11 is 0. The van der Waals surface area contributed by atoms with Gasteiger partial charge in [-0.1, -0.05) is 13.0 Å². The molecule has 2 heterocycles. The third-order valence-corrected chi connectivity index (χ3v) is 6.43. The Kier molecular flexibility index (Phi) is 8.08. The van der Waals surface area contributed by atoms with Crippen LogP contribution in [0.25, 0.3) is 0 Å². The van der Waals surface area contributed by atoms with Gasteiger partial charge in [0.2, 0.25) is 11.7 Å². The summed E-state index contributed by atoms with van der Waals surface area (Å²) < 4.78 is 80.9. The average Bonchev–Trinajstić information content (AvgIpc) is 3.07. The van der Waals surface area contributed by atoms with Crippen LogP contribution in [-0.2, 0) is 14.3 Å². The molecule has 1 aromatic carbocycles. The second-order valence-corrected chi connectivity index (χ2v) is 8.90. The molecule has 2 amide bonds. The largest absolute Gasteiger partial charge is 0.493 e. The Bertz CT molecular complexity index is 1190. The third kappa shape index (κ3) is 5.52. The summed E-state index contributed by atoms with van der Waals surface area (Å²) in [4.78, 5) is 29.3. The van der Waals surface area contributed by atoms with E-state index in [9.17, 15) is 31.5 Å². The summed E-state index contributed by atoms with van der Waals surface area (Å²) in [5, 5.41) is 5.00. The van der Waals surface area contributed by atoms with Gasteiger partial charge in [-0.25, -0.2) is 9.37 Å². The zero-order valence-electron chi connectivity index (χ0n) is 20.5. The zero-order valence-corrected chi connectivity index (χ0v) is 20.5. The molecule has 8 nitrogen and oxygen atoms in total. The van der Waals surface area contributed by atoms with Crippen LogP contribution in [0.1, 0.15) is 37.4 Å². The number of hydrogen-bond acceptors (Lipinski definition) is 6. The summed E-state index contributed by atoms with van der Waals surface area (Å²) in [6.07, 6.45) is -6.62. The highest BCUT2D eigenvalue weighted by Gasteiger charge is 2.65. The summed E-state index contributed by atoms with van der Waals surface area (Å²) in [5.41, 5.74) is 2.93. The van der Waals surface area contributed by atoms with Gasteiger partial charge in [0.15, 0.2) is 17.2 Å². The van der Waals surface area contributed by atoms with Crippen molar-refractivity contribution in [3.05, 3.63) is 47.2 Å². The fourth-order valence-corrected chi connectivity index (χ4v) is 4.39. The van der Waals surface area contributed by atoms with Crippen molar-refractivity contribution in [3.63, 3.8) is 0 Å². The normalized spacial score (nSPS) is 23.6. The van der Waals surface area contributed by atoms with Crippen molar-refractivity contribution in [2.24, 2.45) is 11.7 Å². The van der Waals surface area contributed by atoms with Crippen molar-refractivity contribution in [1.82, 2.24) is 4.98 Å². The van der Waals surface area contributed by atoms with Gasteiger partial charge in [0, 0.05) is 47.8 Å². The van der Waals surface area contributed by atoms with Gasteiger partial charge in [-0.2, -0.15) is 17.6 Å². The predicted molar refractivity (Wildman–Crippen MR) is 124 cm³/mol. The molecular weight excluding hydrogens is 503 g/mol. The lowest BCUT2D eigenvalue weighted by Gasteiger charge is -2.32. The molecule has 0 spiro atoms. The minimum atomic E-state index is -4.89. The van der Waals surface area contributed by atoms with Gasteiger partial charge >= 0.3 is 6.18 Å². The van der Waals surface area contributed by atoms with Crippen LogP contribution in [0.3, 0.4) is 0 Å². The number of rotatable bonds is 7. The van der Waals surface area contributed by atoms with E-state index in [0.29, 0.717) is 5.69 Å². The number of ether oxygens (including phenoxy) is 2. The van der Waals surface area contributed by atoms with Gasteiger partial charge < -0.3 is 25.8 Å². The number of aryl methyl sites for hydroxylation is 1. The molecule has 1 fully saturated rings. The average molecular weight is 530 g/mol. The molecule has 4 N–H and O–H groups in total. The number of benzene rings is 1. The maximum atomic E-state index is 14.5. The van der Waals surface area contributed by atoms with E-state index in [0.717, 1.165) is 26.2 Å². The molecule has 3 rings (SSSR count). The number of hydrogen-bond donors (Lipinski definition) is 3. The number of carbonyl (C=O) groups is 2. The first-order valence-corrected chi connectivity index (χ1v) is 11.3. The number of alkyl halides is 3. The quantitative estimate of drug-likeness (QED) is 0.466. The van der Waals surface area contributed by atoms with Gasteiger partial charge in [-0.3, -0.25) is 9.59 Å². The Morgan fingerprint density at radius 3 is 2.49 bits per heavy atom. The molecule has 1 aliphatic rings. The number of aromatic nitrogens is 1. The number of amides is 2. The Morgan fingerprint density at radius 1 is 1.22 bits per heavy atom. The number of nitrogens with zero attached hydrogens (tertiary/aromatic N) is 1. The van der Waals surface area contributed by atoms with E-state index in [1.54, 1.807) is 6.92 Å². The fraction of sp³-hybridized carbons (Fsp3) is 0.458. The molecular formula is C24H27F5N4O4. The fourth-order valence-electron chi connectivity index (χ4n) is 4.39. The van der Waals surface area contributed by atoms with Crippen LogP contribution < -0.4 is 21.1 Å². The third-order valence-electron chi connectivity index (χ3n) is 6.43. The molecule has 0 aliphatic carbocycles. The first-order chi connectivity index (χ1) is 17.2. The van der Waals surface area contributed by atoms with Crippen LogP contribution in [0.15, 0.2) is 24.3 Å². The summed E-state index contributed by atoms with van der Waals surface area (Å²) in [6.45, 7) is 3.70. The van der Waals surface area contributed by atoms with Crippen LogP contribution in [0.2, 0.25) is 0 Å². The molecule has 1 aromatic heterocycles. The summed E-state index contributed by atoms with van der Waals surface area (Å²) in [6, 6.07) is 4.57. The zero-order chi connectivity index (χ0) is 27.7. The molecule has 1 unspecified atom stereocenters. The number of nitrogens with two attached hydrogens (primary N) is 1. The SMILES string of the molecule is COc1c([C@H]2C(C(=O)Nc3cc(C)nc(NC(=O)CCN)c3)O[C@@](C)(C(F)(F)F)[C@H]2C)ccc(F)c1F. The highest BCUT2D eigenvalue weighted by atomic mass is 19.4. The minimum Gasteiger partial charge on any atom is -0.493 e. The lowest BCUT2D eigenvalue weighted by atomic mass is 9.77. The molecule has 1 aliphatic heterocycles. The maximum Gasteiger partial charge on any atom is 0.417 e. The van der Waals surface area contributed by atoms with Crippen molar-refractivity contribution in [3.8, 4) is 5.75 Å². The smallest absolute Gasteiger partial charge is 0.417 e. The van der Waals surface area contributed by atoms with Crippen LogP contribution in [-0.4, -0.2) is 48.3 Å². The van der Waals surface area contributed by atoms with E-state index in [-0.39, 0.29) is 30.0 Å². The Hall–Kier alpha value is -3.32. The maximum absolute atomic E-state index is 14.5. The van der Waals surface area contributed by atoms with E-state index in [1.165, 1.54) is 19.1 Å². The van der Waals surface area contributed by atoms with Gasteiger partial charge in [0.05, 0.1) is 7.11 Å². The number of pyridine rings is 1. The predicted octanol–water partition coefficient (Wildman–Crippen LogP) is 4.04. The number of halogens is 5. The summed E-state index contributed by atoms with van der Waals surface area (Å²) in [7, 11) is 1.04. The van der Waals surface area contributed by atoms with Crippen LogP contribution >= 0.6 is 0 Å². The van der Waals surface area contributed by atoms with Crippen LogP contribution in [0.4, 0.5) is 33.5 Å². The molecule has 0 radical (unpaired) electrons. The number of nitrogens with one attached hydrogen (secondary N) is 2. The van der Waals surface area contributed by atoms with Gasteiger partial charge in [0.1, 0.15) is 11.9 Å². The second-order valence-electron chi connectivity index (χ2n) is 8.90. The van der Waals surface area contributed by atoms with Gasteiger partial charge in [0.25, 0.3) is 5.91 Å². The van der Waals surface area contributed by atoms with E-state index >= 15 is 0 Å². The standard InChI is InChI=1S/C24H27F5N4O4/c1-11-9-13(10-16(31-11)33-17(34)7-8-30)32-22(35)21-18(12(2)23(3,37-21)24(27,28)29)14-5-6-15(25)19(26)20(14)36-4/h5-6,9-10,12,18,21H,7-8,30H2,1-4H3,(H2,31,32,33,34,35)/t12-,18-,21?,23+/m0/s1. The molecule has 4 atom stereocenters. The molecule has 0 saturated carbocycles. The number of carbonyl (C=O) groups excluding carboxylic acids is 2. The Balaban J connectivity index is 2.02. The summed E-state index contributed by atoms with van der Waals surface area (Å²) in [5.74, 6) is -7.32. The molecule has 13 heteroatoms. The highest BCUT2D eigenvalue weighted by molar-refractivity contribution is 5.96. The van der Waals surface area contributed by atoms with Crippen molar-refractivity contribution in [2.75, 3.05) is 24.3 Å². The van der Waals surface area contributed by atoms with Crippen molar-refractivity contribution >= 4 is 23.3 Å². The van der Waals surface area contributed by atoms with E-state index in [1.807, 2.05) is 0 Å². The topological polar surface area (TPSA) is 116 Å². The van der Waals surface area contributed by atoms with Crippen LogP contribution in [0.5, 0.6) is 5.75 Å². The lowest BCUT2D eigenvalue weighted by Crippen LogP contribution is -2.47. The Labute approximate surface area is 209 Å². The molecule has 202 valence electrons. The molecule has 2 aromatic rings. The molecule has 37 heavy (non-hydrogen) atoms. The van der Waals surface area contributed by atoms with E-state index < -0.39 is 58.9 Å². The monoisotopic (exact) mass is 530 g/mol. The Morgan fingerprint density at radius 2 is 1.89 bits per heavy atom. The number of anilines is 2. The van der Waals surface area contributed by atoms with E-state index in [4.69, 9.17) is 15.2 Å². The van der Waals surface area contributed by atoms with Crippen molar-refractivity contribution in [1.29, 1.82) is 0 Å². The highest BCUT2D eigenvalue weighted by Crippen LogP contribution is 2.55. The first-order valence-electron chi connectivity index (χ1n) is 11.3. The van der Waals surface area contributed by atoms with Gasteiger partial charge in [-0.05, 0) is 26.0 Å².